The lowest BCUT2D eigenvalue weighted by Gasteiger charge is -2.22. The molecule has 2 aromatic rings. The average Bonchev–Trinajstić information content (AvgIpc) is 3.10. The monoisotopic (exact) mass is 355 g/mol. The van der Waals surface area contributed by atoms with Crippen molar-refractivity contribution in [3.05, 3.63) is 59.2 Å². The summed E-state index contributed by atoms with van der Waals surface area (Å²) in [6, 6.07) is 13.4. The number of aryl methyl sites for hydroxylation is 2. The Bertz CT molecular complexity index is 850. The first-order valence-corrected chi connectivity index (χ1v) is 10.8. The van der Waals surface area contributed by atoms with E-state index in [1.54, 1.807) is 12.1 Å². The van der Waals surface area contributed by atoms with Crippen LogP contribution in [0.3, 0.4) is 0 Å². The summed E-state index contributed by atoms with van der Waals surface area (Å²) in [5, 5.41) is 0. The second kappa shape index (κ2) is 6.83. The van der Waals surface area contributed by atoms with Crippen LogP contribution in [0.2, 0.25) is 0 Å². The Hall–Kier alpha value is -1.81. The average molecular weight is 356 g/mol. The summed E-state index contributed by atoms with van der Waals surface area (Å²) in [5.74, 6) is 0.593. The van der Waals surface area contributed by atoms with Gasteiger partial charge in [0.2, 0.25) is 0 Å². The second-order valence-corrected chi connectivity index (χ2v) is 9.03. The molecule has 2 aromatic carbocycles. The Balaban J connectivity index is 1.51. The summed E-state index contributed by atoms with van der Waals surface area (Å²) in [7, 11) is -3.53. The van der Waals surface area contributed by atoms with Gasteiger partial charge < -0.3 is 0 Å². The Kier molecular flexibility index (Phi) is 4.55. The molecule has 1 N–H and O–H groups in total. The predicted molar refractivity (Wildman–Crippen MR) is 102 cm³/mol. The van der Waals surface area contributed by atoms with Crippen molar-refractivity contribution in [2.75, 3.05) is 4.72 Å². The fraction of sp³-hybridized carbons (Fsp3) is 0.429. The van der Waals surface area contributed by atoms with E-state index in [9.17, 15) is 8.42 Å². The van der Waals surface area contributed by atoms with Crippen molar-refractivity contribution in [1.29, 1.82) is 0 Å². The fourth-order valence-corrected chi connectivity index (χ4v) is 5.25. The number of rotatable bonds is 4. The van der Waals surface area contributed by atoms with E-state index in [1.165, 1.54) is 48.8 Å². The Morgan fingerprint density at radius 2 is 1.52 bits per heavy atom. The topological polar surface area (TPSA) is 46.2 Å². The van der Waals surface area contributed by atoms with Crippen LogP contribution in [0, 0.1) is 0 Å². The van der Waals surface area contributed by atoms with Gasteiger partial charge in [-0.05, 0) is 79.0 Å². The van der Waals surface area contributed by atoms with Crippen molar-refractivity contribution in [1.82, 2.24) is 0 Å². The van der Waals surface area contributed by atoms with Crippen LogP contribution in [0.4, 0.5) is 5.69 Å². The standard InChI is InChI=1S/C21H25NO2S/c23-25(24,22-20-12-9-17-7-4-8-19(17)15-20)21-13-10-18(11-14-21)16-5-2-1-3-6-16/h9-16,22H,1-8H2. The van der Waals surface area contributed by atoms with Crippen LogP contribution in [-0.2, 0) is 22.9 Å². The van der Waals surface area contributed by atoms with Crippen molar-refractivity contribution in [2.45, 2.75) is 62.2 Å². The summed E-state index contributed by atoms with van der Waals surface area (Å²) in [4.78, 5) is 0.340. The van der Waals surface area contributed by atoms with Crippen LogP contribution < -0.4 is 4.72 Å². The van der Waals surface area contributed by atoms with Crippen LogP contribution in [0.25, 0.3) is 0 Å². The van der Waals surface area contributed by atoms with Crippen molar-refractivity contribution in [3.8, 4) is 0 Å². The van der Waals surface area contributed by atoms with Gasteiger partial charge in [0.1, 0.15) is 0 Å². The molecule has 1 saturated carbocycles. The lowest BCUT2D eigenvalue weighted by atomic mass is 9.84. The second-order valence-electron chi connectivity index (χ2n) is 7.35. The molecule has 3 nitrogen and oxygen atoms in total. The van der Waals surface area contributed by atoms with Gasteiger partial charge in [-0.15, -0.1) is 0 Å². The largest absolute Gasteiger partial charge is 0.280 e. The van der Waals surface area contributed by atoms with Crippen LogP contribution >= 0.6 is 0 Å². The minimum absolute atomic E-state index is 0.340. The van der Waals surface area contributed by atoms with Gasteiger partial charge in [0, 0.05) is 5.69 Å². The van der Waals surface area contributed by atoms with Gasteiger partial charge in [-0.1, -0.05) is 37.5 Å². The maximum Gasteiger partial charge on any atom is 0.261 e. The molecule has 4 heteroatoms. The van der Waals surface area contributed by atoms with Gasteiger partial charge in [0.15, 0.2) is 0 Å². The molecule has 0 radical (unpaired) electrons. The third-order valence-electron chi connectivity index (χ3n) is 5.62. The first-order valence-electron chi connectivity index (χ1n) is 9.36. The molecule has 4 rings (SSSR count). The zero-order valence-corrected chi connectivity index (χ0v) is 15.3. The number of hydrogen-bond donors (Lipinski definition) is 1. The molecule has 132 valence electrons. The summed E-state index contributed by atoms with van der Waals surface area (Å²) in [5.41, 5.74) is 4.56. The third-order valence-corrected chi connectivity index (χ3v) is 7.01. The molecule has 0 amide bonds. The van der Waals surface area contributed by atoms with Gasteiger partial charge >= 0.3 is 0 Å². The molecule has 0 heterocycles. The molecule has 0 unspecified atom stereocenters. The van der Waals surface area contributed by atoms with Crippen molar-refractivity contribution < 1.29 is 8.42 Å². The fourth-order valence-electron chi connectivity index (χ4n) is 4.20. The van der Waals surface area contributed by atoms with E-state index < -0.39 is 10.0 Å². The number of anilines is 1. The molecule has 1 fully saturated rings. The number of nitrogens with one attached hydrogen (secondary N) is 1. The highest BCUT2D eigenvalue weighted by atomic mass is 32.2. The van der Waals surface area contributed by atoms with Gasteiger partial charge in [-0.25, -0.2) is 8.42 Å². The quantitative estimate of drug-likeness (QED) is 0.836. The molecule has 0 bridgehead atoms. The van der Waals surface area contributed by atoms with Crippen LogP contribution in [0.15, 0.2) is 47.4 Å². The van der Waals surface area contributed by atoms with E-state index >= 15 is 0 Å². The SMILES string of the molecule is O=S(=O)(Nc1ccc2c(c1)CCC2)c1ccc(C2CCCCC2)cc1. The summed E-state index contributed by atoms with van der Waals surface area (Å²) < 4.78 is 28.1. The van der Waals surface area contributed by atoms with Crippen molar-refractivity contribution in [2.24, 2.45) is 0 Å². The highest BCUT2D eigenvalue weighted by molar-refractivity contribution is 7.92. The minimum Gasteiger partial charge on any atom is -0.280 e. The van der Waals surface area contributed by atoms with E-state index in [2.05, 4.69) is 4.72 Å². The molecule has 0 saturated heterocycles. The zero-order valence-electron chi connectivity index (χ0n) is 14.5. The van der Waals surface area contributed by atoms with E-state index in [0.717, 1.165) is 19.3 Å². The maximum absolute atomic E-state index is 12.7. The lowest BCUT2D eigenvalue weighted by molar-refractivity contribution is 0.443. The highest BCUT2D eigenvalue weighted by Gasteiger charge is 2.19. The molecule has 2 aliphatic rings. The van der Waals surface area contributed by atoms with E-state index in [1.807, 2.05) is 30.3 Å². The van der Waals surface area contributed by atoms with E-state index in [0.29, 0.717) is 16.5 Å². The summed E-state index contributed by atoms with van der Waals surface area (Å²) in [6.07, 6.45) is 9.64. The number of benzene rings is 2. The van der Waals surface area contributed by atoms with E-state index in [-0.39, 0.29) is 0 Å². The molecule has 0 spiro atoms. The first kappa shape index (κ1) is 16.6. The van der Waals surface area contributed by atoms with Gasteiger partial charge in [-0.3, -0.25) is 4.72 Å². The number of sulfonamides is 1. The van der Waals surface area contributed by atoms with Crippen molar-refractivity contribution in [3.63, 3.8) is 0 Å². The van der Waals surface area contributed by atoms with Crippen LogP contribution in [0.5, 0.6) is 0 Å². The Morgan fingerprint density at radius 3 is 2.28 bits per heavy atom. The minimum atomic E-state index is -3.53. The molecular formula is C21H25NO2S. The smallest absolute Gasteiger partial charge is 0.261 e. The number of fused-ring (bicyclic) bond motifs is 1. The molecular weight excluding hydrogens is 330 g/mol. The normalized spacial score (nSPS) is 18.1. The van der Waals surface area contributed by atoms with Gasteiger partial charge in [0.25, 0.3) is 10.0 Å². The van der Waals surface area contributed by atoms with Gasteiger partial charge in [0.05, 0.1) is 4.90 Å². The van der Waals surface area contributed by atoms with E-state index in [4.69, 9.17) is 0 Å². The van der Waals surface area contributed by atoms with Crippen LogP contribution in [0.1, 0.15) is 61.1 Å². The molecule has 0 atom stereocenters. The number of hydrogen-bond acceptors (Lipinski definition) is 2. The summed E-state index contributed by atoms with van der Waals surface area (Å²) >= 11 is 0. The third kappa shape index (κ3) is 3.59. The molecule has 25 heavy (non-hydrogen) atoms. The Labute approximate surface area is 150 Å². The molecule has 2 aliphatic carbocycles. The lowest BCUT2D eigenvalue weighted by Crippen LogP contribution is -2.13. The van der Waals surface area contributed by atoms with Gasteiger partial charge in [-0.2, -0.15) is 0 Å². The Morgan fingerprint density at radius 1 is 0.800 bits per heavy atom. The van der Waals surface area contributed by atoms with Crippen LogP contribution in [-0.4, -0.2) is 8.42 Å². The maximum atomic E-state index is 12.7. The predicted octanol–water partition coefficient (Wildman–Crippen LogP) is 5.02. The molecule has 0 aliphatic heterocycles. The highest BCUT2D eigenvalue weighted by Crippen LogP contribution is 2.33. The molecule has 0 aromatic heterocycles. The first-order chi connectivity index (χ1) is 12.1. The summed E-state index contributed by atoms with van der Waals surface area (Å²) in [6.45, 7) is 0. The van der Waals surface area contributed by atoms with Crippen molar-refractivity contribution >= 4 is 15.7 Å². The zero-order chi connectivity index (χ0) is 17.3.